The van der Waals surface area contributed by atoms with Gasteiger partial charge in [-0.1, -0.05) is 0 Å². The summed E-state index contributed by atoms with van der Waals surface area (Å²) in [6.07, 6.45) is 0. The van der Waals surface area contributed by atoms with Gasteiger partial charge in [-0.05, 0) is 0 Å². The van der Waals surface area contributed by atoms with Crippen LogP contribution < -0.4 is 51.4 Å². The first kappa shape index (κ1) is 11.0. The predicted octanol–water partition coefficient (Wildman–Crippen LogP) is -2.00. The van der Waals surface area contributed by atoms with Crippen molar-refractivity contribution in [3.05, 3.63) is 35.9 Å². The third-order valence-corrected chi connectivity index (χ3v) is 1.50. The van der Waals surface area contributed by atoms with Gasteiger partial charge in [-0.15, -0.1) is 0 Å². The van der Waals surface area contributed by atoms with E-state index in [0.717, 1.165) is 5.56 Å². The zero-order valence-corrected chi connectivity index (χ0v) is 10.5. The van der Waals surface area contributed by atoms with Gasteiger partial charge in [0.05, 0.1) is 0 Å². The van der Waals surface area contributed by atoms with Crippen molar-refractivity contribution in [3.8, 4) is 0 Å². The number of carbonyl (C=O) groups excluding carboxylic acids is 1. The fourth-order valence-corrected chi connectivity index (χ4v) is 0.860. The molecule has 0 unspecified atom stereocenters. The van der Waals surface area contributed by atoms with E-state index < -0.39 is 0 Å². The Labute approximate surface area is 111 Å². The van der Waals surface area contributed by atoms with Crippen LogP contribution in [0.1, 0.15) is 10.4 Å². The minimum Gasteiger partial charge on any atom is 1.00 e. The summed E-state index contributed by atoms with van der Waals surface area (Å²) in [6, 6.07) is 9.11. The molecule has 1 aromatic carbocycles. The second-order valence-corrected chi connectivity index (χ2v) is 2.43. The maximum absolute atomic E-state index is 10.6. The van der Waals surface area contributed by atoms with Gasteiger partial charge in [0.25, 0.3) is 0 Å². The van der Waals surface area contributed by atoms with Gasteiger partial charge < -0.3 is 0 Å². The molecule has 0 saturated carbocycles. The van der Waals surface area contributed by atoms with E-state index in [2.05, 4.69) is 16.0 Å². The molecule has 0 aliphatic rings. The molecule has 0 heterocycles. The Morgan fingerprint density at radius 3 is 2.00 bits per heavy atom. The molecule has 0 aliphatic carbocycles. The first-order valence-corrected chi connectivity index (χ1v) is 3.43. The predicted molar refractivity (Wildman–Crippen MR) is 36.5 cm³/mol. The van der Waals surface area contributed by atoms with Crippen LogP contribution in [0.2, 0.25) is 0 Å². The fraction of sp³-hybridized carbons (Fsp3) is 0. The molecule has 0 saturated heterocycles. The Hall–Kier alpha value is 1.05. The number of hydrogen-bond donors (Lipinski definition) is 0. The van der Waals surface area contributed by atoms with E-state index >= 15 is 0 Å². The van der Waals surface area contributed by atoms with E-state index in [1.807, 2.05) is 18.2 Å². The minimum atomic E-state index is -0.00407. The normalized spacial score (nSPS) is 8.00. The third kappa shape index (κ3) is 3.44. The zero-order chi connectivity index (χ0) is 6.69. The van der Waals surface area contributed by atoms with Crippen LogP contribution in [-0.4, -0.2) is 20.7 Å². The van der Waals surface area contributed by atoms with E-state index in [1.165, 1.54) is 0 Å². The molecule has 0 radical (unpaired) electrons. The average Bonchev–Trinajstić information content (AvgIpc) is 1.90. The Kier molecular flexibility index (Phi) is 6.26. The summed E-state index contributed by atoms with van der Waals surface area (Å²) in [7, 11) is 0. The second-order valence-electron chi connectivity index (χ2n) is 1.65. The molecule has 1 rings (SSSR count). The molecule has 1 aromatic rings. The van der Waals surface area contributed by atoms with E-state index in [4.69, 9.17) is 0 Å². The quantitative estimate of drug-likeness (QED) is 0.503. The number of hydrogen-bond acceptors (Lipinski definition) is 1. The standard InChI is InChI=1S/C7H6OSe.K/c8-7(9)6-4-2-1-3-5-6;/h1-5H,(H,8,9);/q;+1/p-1. The molecule has 46 valence electrons. The Morgan fingerprint density at radius 2 is 1.70 bits per heavy atom. The summed E-state index contributed by atoms with van der Waals surface area (Å²) in [5.41, 5.74) is 0.720. The van der Waals surface area contributed by atoms with Crippen LogP contribution in [-0.2, 0) is 0 Å². The van der Waals surface area contributed by atoms with Gasteiger partial charge in [0.15, 0.2) is 0 Å². The molecular weight excluding hydrogens is 218 g/mol. The van der Waals surface area contributed by atoms with Gasteiger partial charge in [-0.25, -0.2) is 0 Å². The van der Waals surface area contributed by atoms with Crippen LogP contribution in [0.25, 0.3) is 0 Å². The molecular formula is C7H5KOSe. The van der Waals surface area contributed by atoms with Crippen molar-refractivity contribution in [1.29, 1.82) is 0 Å². The molecule has 0 amide bonds. The van der Waals surface area contributed by atoms with Crippen LogP contribution in [0.5, 0.6) is 0 Å². The van der Waals surface area contributed by atoms with Gasteiger partial charge in [0, 0.05) is 0 Å². The van der Waals surface area contributed by atoms with Crippen LogP contribution in [0.3, 0.4) is 0 Å². The van der Waals surface area contributed by atoms with Crippen molar-refractivity contribution in [2.24, 2.45) is 0 Å². The molecule has 0 fully saturated rings. The van der Waals surface area contributed by atoms with Crippen molar-refractivity contribution in [2.45, 2.75) is 0 Å². The monoisotopic (exact) mass is 224 g/mol. The topological polar surface area (TPSA) is 17.1 Å². The molecule has 0 aromatic heterocycles. The molecule has 0 spiro atoms. The summed E-state index contributed by atoms with van der Waals surface area (Å²) in [5, 5.41) is 0. The zero-order valence-electron chi connectivity index (χ0n) is 5.70. The van der Waals surface area contributed by atoms with Crippen molar-refractivity contribution in [1.82, 2.24) is 0 Å². The Morgan fingerprint density at radius 1 is 1.20 bits per heavy atom. The van der Waals surface area contributed by atoms with Gasteiger partial charge in [0.1, 0.15) is 0 Å². The third-order valence-electron chi connectivity index (χ3n) is 1.01. The van der Waals surface area contributed by atoms with Crippen LogP contribution in [0, 0.1) is 0 Å². The first-order valence-electron chi connectivity index (χ1n) is 2.57. The number of benzene rings is 1. The van der Waals surface area contributed by atoms with E-state index in [0.29, 0.717) is 0 Å². The van der Waals surface area contributed by atoms with Crippen molar-refractivity contribution in [3.63, 3.8) is 0 Å². The van der Waals surface area contributed by atoms with Crippen LogP contribution >= 0.6 is 0 Å². The largest absolute Gasteiger partial charge is 1.00 e. The van der Waals surface area contributed by atoms with Crippen LogP contribution in [0.4, 0.5) is 0 Å². The van der Waals surface area contributed by atoms with Crippen molar-refractivity contribution in [2.75, 3.05) is 0 Å². The van der Waals surface area contributed by atoms with Crippen molar-refractivity contribution < 1.29 is 56.2 Å². The summed E-state index contributed by atoms with van der Waals surface area (Å²) < 4.78 is -0.00407. The molecule has 0 bridgehead atoms. The van der Waals surface area contributed by atoms with Gasteiger partial charge >= 0.3 is 113 Å². The fourth-order valence-electron chi connectivity index (χ4n) is 0.574. The average molecular weight is 223 g/mol. The Balaban J connectivity index is 0.000000810. The summed E-state index contributed by atoms with van der Waals surface area (Å²) in [6.45, 7) is 0. The second kappa shape index (κ2) is 5.67. The van der Waals surface area contributed by atoms with E-state index in [9.17, 15) is 4.79 Å². The molecule has 0 N–H and O–H groups in total. The summed E-state index contributed by atoms with van der Waals surface area (Å²) >= 11 is 2.42. The smallest absolute Gasteiger partial charge is 1.00 e. The van der Waals surface area contributed by atoms with E-state index in [1.54, 1.807) is 12.1 Å². The van der Waals surface area contributed by atoms with Crippen molar-refractivity contribution >= 4 is 20.7 Å². The molecule has 10 heavy (non-hydrogen) atoms. The number of carbonyl (C=O) groups is 1. The Bertz CT molecular complexity index is 210. The molecule has 0 atom stereocenters. The SMILES string of the molecule is O=C([Se-])c1ccccc1.[K+]. The van der Waals surface area contributed by atoms with Gasteiger partial charge in [-0.2, -0.15) is 0 Å². The van der Waals surface area contributed by atoms with Gasteiger partial charge in [0.2, 0.25) is 0 Å². The molecule has 1 nitrogen and oxygen atoms in total. The molecule has 3 heteroatoms. The van der Waals surface area contributed by atoms with Gasteiger partial charge in [-0.3, -0.25) is 0 Å². The maximum atomic E-state index is 10.6. The van der Waals surface area contributed by atoms with Crippen LogP contribution in [0.15, 0.2) is 30.3 Å². The van der Waals surface area contributed by atoms with E-state index in [-0.39, 0.29) is 56.1 Å². The summed E-state index contributed by atoms with van der Waals surface area (Å²) in [4.78, 5) is 10.6. The summed E-state index contributed by atoms with van der Waals surface area (Å²) in [5.74, 6) is 0. The maximum Gasteiger partial charge on any atom is 1.00 e. The first-order chi connectivity index (χ1) is 4.30. The minimum absolute atomic E-state index is 0. The number of rotatable bonds is 1. The molecule has 0 aliphatic heterocycles.